The van der Waals surface area contributed by atoms with Gasteiger partial charge in [0.05, 0.1) is 6.04 Å². The second-order valence-electron chi connectivity index (χ2n) is 7.13. The highest BCUT2D eigenvalue weighted by Gasteiger charge is 2.23. The predicted octanol–water partition coefficient (Wildman–Crippen LogP) is 5.12. The largest absolute Gasteiger partial charge is 0.489 e. The van der Waals surface area contributed by atoms with Gasteiger partial charge in [0.2, 0.25) is 0 Å². The molecular weight excluding hydrogens is 318 g/mol. The minimum Gasteiger partial charge on any atom is -0.489 e. The number of benzene rings is 3. The number of hydrogen-bond donors (Lipinski definition) is 1. The van der Waals surface area contributed by atoms with E-state index in [-0.39, 0.29) is 6.04 Å². The number of fused-ring (bicyclic) bond motifs is 1. The SMILES string of the molecule is Cc1ccc(C)c(C2NCCc3cc(OCc4ccccc4)ccc32)c1. The Hall–Kier alpha value is -2.58. The molecule has 26 heavy (non-hydrogen) atoms. The van der Waals surface area contributed by atoms with E-state index in [2.05, 4.69) is 67.7 Å². The van der Waals surface area contributed by atoms with Gasteiger partial charge in [-0.15, -0.1) is 0 Å². The topological polar surface area (TPSA) is 21.3 Å². The van der Waals surface area contributed by atoms with Crippen LogP contribution in [0.15, 0.2) is 66.7 Å². The average Bonchev–Trinajstić information content (AvgIpc) is 2.68. The molecule has 0 bridgehead atoms. The molecule has 1 aliphatic rings. The zero-order chi connectivity index (χ0) is 17.9. The molecule has 0 saturated heterocycles. The maximum Gasteiger partial charge on any atom is 0.120 e. The molecule has 1 N–H and O–H groups in total. The van der Waals surface area contributed by atoms with E-state index in [1.54, 1.807) is 0 Å². The summed E-state index contributed by atoms with van der Waals surface area (Å²) in [6.07, 6.45) is 1.04. The minimum atomic E-state index is 0.266. The summed E-state index contributed by atoms with van der Waals surface area (Å²) in [7, 11) is 0. The lowest BCUT2D eigenvalue weighted by Crippen LogP contribution is -2.31. The Bertz CT molecular complexity index is 901. The lowest BCUT2D eigenvalue weighted by Gasteiger charge is -2.29. The third-order valence-corrected chi connectivity index (χ3v) is 5.16. The summed E-state index contributed by atoms with van der Waals surface area (Å²) in [5.41, 5.74) is 7.98. The van der Waals surface area contributed by atoms with E-state index in [1.807, 2.05) is 18.2 Å². The van der Waals surface area contributed by atoms with Crippen LogP contribution in [-0.2, 0) is 13.0 Å². The highest BCUT2D eigenvalue weighted by Crippen LogP contribution is 2.33. The Morgan fingerprint density at radius 1 is 0.923 bits per heavy atom. The summed E-state index contributed by atoms with van der Waals surface area (Å²) >= 11 is 0. The van der Waals surface area contributed by atoms with Crippen LogP contribution >= 0.6 is 0 Å². The van der Waals surface area contributed by atoms with Crippen LogP contribution in [-0.4, -0.2) is 6.54 Å². The van der Waals surface area contributed by atoms with Crippen molar-refractivity contribution in [3.8, 4) is 5.75 Å². The molecule has 0 fully saturated rings. The number of rotatable bonds is 4. The minimum absolute atomic E-state index is 0.266. The molecule has 4 rings (SSSR count). The fourth-order valence-electron chi connectivity index (χ4n) is 3.72. The fraction of sp³-hybridized carbons (Fsp3) is 0.250. The molecule has 132 valence electrons. The number of hydrogen-bond acceptors (Lipinski definition) is 2. The Kier molecular flexibility index (Phi) is 4.77. The van der Waals surface area contributed by atoms with Crippen LogP contribution in [0, 0.1) is 13.8 Å². The maximum absolute atomic E-state index is 6.02. The van der Waals surface area contributed by atoms with E-state index in [0.29, 0.717) is 6.61 Å². The van der Waals surface area contributed by atoms with Crippen molar-refractivity contribution >= 4 is 0 Å². The van der Waals surface area contributed by atoms with Crippen molar-refractivity contribution in [2.24, 2.45) is 0 Å². The molecule has 2 heteroatoms. The molecule has 3 aromatic carbocycles. The van der Waals surface area contributed by atoms with Gasteiger partial charge >= 0.3 is 0 Å². The Morgan fingerprint density at radius 3 is 2.62 bits per heavy atom. The van der Waals surface area contributed by atoms with Gasteiger partial charge < -0.3 is 10.1 Å². The lowest BCUT2D eigenvalue weighted by molar-refractivity contribution is 0.305. The smallest absolute Gasteiger partial charge is 0.120 e. The van der Waals surface area contributed by atoms with Crippen LogP contribution in [0.25, 0.3) is 0 Å². The molecule has 0 amide bonds. The van der Waals surface area contributed by atoms with Crippen molar-refractivity contribution in [2.75, 3.05) is 6.54 Å². The van der Waals surface area contributed by atoms with Gasteiger partial charge in [0, 0.05) is 6.54 Å². The summed E-state index contributed by atoms with van der Waals surface area (Å²) in [6, 6.07) is 23.8. The van der Waals surface area contributed by atoms with E-state index >= 15 is 0 Å². The predicted molar refractivity (Wildman–Crippen MR) is 107 cm³/mol. The summed E-state index contributed by atoms with van der Waals surface area (Å²) in [5, 5.41) is 3.70. The second kappa shape index (κ2) is 7.35. The van der Waals surface area contributed by atoms with Gasteiger partial charge in [0.25, 0.3) is 0 Å². The molecular formula is C24H25NO. The van der Waals surface area contributed by atoms with Crippen LogP contribution in [0.5, 0.6) is 5.75 Å². The van der Waals surface area contributed by atoms with E-state index in [9.17, 15) is 0 Å². The quantitative estimate of drug-likeness (QED) is 0.710. The third kappa shape index (κ3) is 3.51. The highest BCUT2D eigenvalue weighted by molar-refractivity contribution is 5.46. The summed E-state index contributed by atoms with van der Waals surface area (Å²) in [4.78, 5) is 0. The van der Waals surface area contributed by atoms with Crippen molar-refractivity contribution in [3.63, 3.8) is 0 Å². The monoisotopic (exact) mass is 343 g/mol. The molecule has 1 atom stereocenters. The van der Waals surface area contributed by atoms with Crippen molar-refractivity contribution in [1.82, 2.24) is 5.32 Å². The maximum atomic E-state index is 6.02. The molecule has 1 heterocycles. The fourth-order valence-corrected chi connectivity index (χ4v) is 3.72. The molecule has 0 radical (unpaired) electrons. The van der Waals surface area contributed by atoms with Crippen molar-refractivity contribution < 1.29 is 4.74 Å². The lowest BCUT2D eigenvalue weighted by atomic mass is 9.87. The Balaban J connectivity index is 1.58. The first-order valence-corrected chi connectivity index (χ1v) is 9.31. The van der Waals surface area contributed by atoms with Gasteiger partial charge in [-0.25, -0.2) is 0 Å². The standard InChI is InChI=1S/C24H25NO/c1-17-8-9-18(2)23(14-17)24-22-11-10-21(15-20(22)12-13-25-24)26-16-19-6-4-3-5-7-19/h3-11,14-15,24-25H,12-13,16H2,1-2H3. The van der Waals surface area contributed by atoms with Crippen LogP contribution < -0.4 is 10.1 Å². The van der Waals surface area contributed by atoms with E-state index < -0.39 is 0 Å². The van der Waals surface area contributed by atoms with Gasteiger partial charge in [0.15, 0.2) is 0 Å². The first-order chi connectivity index (χ1) is 12.7. The zero-order valence-corrected chi connectivity index (χ0v) is 15.5. The van der Waals surface area contributed by atoms with Crippen molar-refractivity contribution in [2.45, 2.75) is 32.9 Å². The number of ether oxygens (including phenoxy) is 1. The number of aryl methyl sites for hydroxylation is 2. The normalized spacial score (nSPS) is 16.2. The first kappa shape index (κ1) is 16.9. The van der Waals surface area contributed by atoms with Crippen LogP contribution in [0.4, 0.5) is 0 Å². The van der Waals surface area contributed by atoms with Crippen LogP contribution in [0.3, 0.4) is 0 Å². The number of nitrogens with one attached hydrogen (secondary N) is 1. The molecule has 1 aliphatic heterocycles. The van der Waals surface area contributed by atoms with Crippen LogP contribution in [0.1, 0.15) is 39.4 Å². The van der Waals surface area contributed by atoms with E-state index in [0.717, 1.165) is 18.7 Å². The Labute approximate surface area is 155 Å². The summed E-state index contributed by atoms with van der Waals surface area (Å²) in [6.45, 7) is 5.96. The van der Waals surface area contributed by atoms with Gasteiger partial charge in [-0.05, 0) is 60.2 Å². The molecule has 3 aromatic rings. The Morgan fingerprint density at radius 2 is 1.77 bits per heavy atom. The van der Waals surface area contributed by atoms with Crippen molar-refractivity contribution in [3.05, 3.63) is 100 Å². The molecule has 0 saturated carbocycles. The van der Waals surface area contributed by atoms with Gasteiger partial charge in [-0.1, -0.05) is 60.2 Å². The zero-order valence-electron chi connectivity index (χ0n) is 15.5. The van der Waals surface area contributed by atoms with Crippen molar-refractivity contribution in [1.29, 1.82) is 0 Å². The highest BCUT2D eigenvalue weighted by atomic mass is 16.5. The second-order valence-corrected chi connectivity index (χ2v) is 7.13. The van der Waals surface area contributed by atoms with E-state index in [4.69, 9.17) is 4.74 Å². The third-order valence-electron chi connectivity index (χ3n) is 5.16. The first-order valence-electron chi connectivity index (χ1n) is 9.31. The summed E-state index contributed by atoms with van der Waals surface area (Å²) < 4.78 is 6.02. The average molecular weight is 343 g/mol. The summed E-state index contributed by atoms with van der Waals surface area (Å²) in [5.74, 6) is 0.953. The van der Waals surface area contributed by atoms with Gasteiger partial charge in [0.1, 0.15) is 12.4 Å². The van der Waals surface area contributed by atoms with E-state index in [1.165, 1.54) is 33.4 Å². The molecule has 0 aliphatic carbocycles. The molecule has 0 aromatic heterocycles. The van der Waals surface area contributed by atoms with Gasteiger partial charge in [-0.2, -0.15) is 0 Å². The van der Waals surface area contributed by atoms with Gasteiger partial charge in [-0.3, -0.25) is 0 Å². The molecule has 2 nitrogen and oxygen atoms in total. The molecule has 0 spiro atoms. The van der Waals surface area contributed by atoms with Crippen LogP contribution in [0.2, 0.25) is 0 Å². The molecule has 1 unspecified atom stereocenters.